The lowest BCUT2D eigenvalue weighted by atomic mass is 9.90. The first-order valence-corrected chi connectivity index (χ1v) is 5.80. The molecular formula is C13H19NS. The van der Waals surface area contributed by atoms with Crippen molar-refractivity contribution in [2.45, 2.75) is 20.3 Å². The fraction of sp³-hybridized carbons (Fsp3) is 0.462. The number of nitrogens with zero attached hydrogens (tertiary/aromatic N) is 1. The number of rotatable bonds is 3. The summed E-state index contributed by atoms with van der Waals surface area (Å²) in [4.78, 5) is 5.06. The van der Waals surface area contributed by atoms with Gasteiger partial charge in [-0.15, -0.1) is 12.6 Å². The normalized spacial score (nSPS) is 22.6. The number of aliphatic imine (C=N–C) groups is 1. The third-order valence-electron chi connectivity index (χ3n) is 2.49. The highest BCUT2D eigenvalue weighted by Crippen LogP contribution is 2.30. The fourth-order valence-electron chi connectivity index (χ4n) is 1.65. The van der Waals surface area contributed by atoms with E-state index in [2.05, 4.69) is 49.7 Å². The van der Waals surface area contributed by atoms with Gasteiger partial charge in [-0.1, -0.05) is 32.1 Å². The van der Waals surface area contributed by atoms with Crippen molar-refractivity contribution < 1.29 is 0 Å². The lowest BCUT2D eigenvalue weighted by Crippen LogP contribution is -2.04. The zero-order valence-corrected chi connectivity index (χ0v) is 10.5. The summed E-state index contributed by atoms with van der Waals surface area (Å²) in [5, 5.41) is 0. The molecule has 82 valence electrons. The van der Waals surface area contributed by atoms with Crippen LogP contribution in [0.4, 0.5) is 0 Å². The van der Waals surface area contributed by atoms with Crippen molar-refractivity contribution in [2.24, 2.45) is 16.8 Å². The van der Waals surface area contributed by atoms with Gasteiger partial charge < -0.3 is 0 Å². The standard InChI is InChI=1S/C13H19NS/c1-10(2)12-9-11(5-4-8-14-3)6-7-13(12)15/h4-5,7-11,15H,6H2,1-3H3/b5-4-,14-8?. The van der Waals surface area contributed by atoms with Crippen LogP contribution in [0, 0.1) is 11.8 Å². The Balaban J connectivity index is 2.73. The Morgan fingerprint density at radius 2 is 2.27 bits per heavy atom. The quantitative estimate of drug-likeness (QED) is 0.551. The van der Waals surface area contributed by atoms with Gasteiger partial charge in [-0.25, -0.2) is 0 Å². The van der Waals surface area contributed by atoms with Crippen LogP contribution in [0.15, 0.2) is 39.8 Å². The predicted molar refractivity (Wildman–Crippen MR) is 71.7 cm³/mol. The molecule has 0 N–H and O–H groups in total. The summed E-state index contributed by atoms with van der Waals surface area (Å²) >= 11 is 4.49. The summed E-state index contributed by atoms with van der Waals surface area (Å²) < 4.78 is 0. The highest BCUT2D eigenvalue weighted by atomic mass is 32.1. The second-order valence-electron chi connectivity index (χ2n) is 4.06. The molecule has 0 amide bonds. The van der Waals surface area contributed by atoms with Gasteiger partial charge in [-0.3, -0.25) is 4.99 Å². The Kier molecular flexibility index (Phi) is 4.89. The van der Waals surface area contributed by atoms with Crippen LogP contribution >= 0.6 is 12.6 Å². The molecule has 1 aliphatic carbocycles. The summed E-state index contributed by atoms with van der Waals surface area (Å²) in [5.74, 6) is 1.04. The second-order valence-corrected chi connectivity index (χ2v) is 4.54. The van der Waals surface area contributed by atoms with Gasteiger partial charge in [0.05, 0.1) is 0 Å². The zero-order valence-electron chi connectivity index (χ0n) is 9.64. The minimum Gasteiger partial charge on any atom is -0.297 e. The van der Waals surface area contributed by atoms with Crippen LogP contribution in [0.5, 0.6) is 0 Å². The van der Waals surface area contributed by atoms with Gasteiger partial charge in [-0.2, -0.15) is 0 Å². The minimum atomic E-state index is 0.497. The number of hydrogen-bond acceptors (Lipinski definition) is 2. The molecule has 1 unspecified atom stereocenters. The van der Waals surface area contributed by atoms with Gasteiger partial charge in [0.2, 0.25) is 0 Å². The van der Waals surface area contributed by atoms with Crippen LogP contribution < -0.4 is 0 Å². The van der Waals surface area contributed by atoms with Crippen molar-refractivity contribution >= 4 is 18.8 Å². The molecule has 1 rings (SSSR count). The topological polar surface area (TPSA) is 12.4 Å². The highest BCUT2D eigenvalue weighted by molar-refractivity contribution is 7.84. The first kappa shape index (κ1) is 12.3. The molecule has 0 bridgehead atoms. The largest absolute Gasteiger partial charge is 0.297 e. The van der Waals surface area contributed by atoms with Crippen molar-refractivity contribution in [1.29, 1.82) is 0 Å². The predicted octanol–water partition coefficient (Wildman–Crippen LogP) is 3.66. The van der Waals surface area contributed by atoms with Gasteiger partial charge in [0.1, 0.15) is 0 Å². The summed E-state index contributed by atoms with van der Waals surface area (Å²) in [6.45, 7) is 4.41. The summed E-state index contributed by atoms with van der Waals surface area (Å²) in [5.41, 5.74) is 1.35. The summed E-state index contributed by atoms with van der Waals surface area (Å²) in [6, 6.07) is 0. The average Bonchev–Trinajstić information content (AvgIpc) is 2.20. The molecule has 1 atom stereocenters. The smallest absolute Gasteiger partial charge is 0.0277 e. The van der Waals surface area contributed by atoms with Crippen molar-refractivity contribution in [1.82, 2.24) is 0 Å². The van der Waals surface area contributed by atoms with E-state index < -0.39 is 0 Å². The first-order valence-electron chi connectivity index (χ1n) is 5.35. The molecule has 1 nitrogen and oxygen atoms in total. The molecule has 0 spiro atoms. The van der Waals surface area contributed by atoms with Crippen molar-refractivity contribution in [3.8, 4) is 0 Å². The molecule has 0 radical (unpaired) electrons. The van der Waals surface area contributed by atoms with Gasteiger partial charge in [0.25, 0.3) is 0 Å². The maximum absolute atomic E-state index is 4.49. The van der Waals surface area contributed by atoms with E-state index in [0.717, 1.165) is 11.3 Å². The first-order chi connectivity index (χ1) is 7.15. The van der Waals surface area contributed by atoms with E-state index in [0.29, 0.717) is 11.8 Å². The number of allylic oxidation sites excluding steroid dienone is 5. The molecule has 0 saturated carbocycles. The lowest BCUT2D eigenvalue weighted by Gasteiger charge is -2.19. The molecule has 0 aromatic carbocycles. The molecule has 2 heteroatoms. The summed E-state index contributed by atoms with van der Waals surface area (Å²) in [7, 11) is 1.78. The zero-order chi connectivity index (χ0) is 11.3. The molecule has 0 saturated heterocycles. The van der Waals surface area contributed by atoms with Crippen molar-refractivity contribution in [3.63, 3.8) is 0 Å². The van der Waals surface area contributed by atoms with Crippen LogP contribution in [0.2, 0.25) is 0 Å². The van der Waals surface area contributed by atoms with E-state index in [4.69, 9.17) is 0 Å². The SMILES string of the molecule is CN=C/C=C\C1C=C(C(C)C)C(S)=CC1. The summed E-state index contributed by atoms with van der Waals surface area (Å²) in [6.07, 6.45) is 11.6. The number of hydrogen-bond donors (Lipinski definition) is 1. The van der Waals surface area contributed by atoms with E-state index in [1.807, 2.05) is 12.3 Å². The maximum Gasteiger partial charge on any atom is 0.0277 e. The molecule has 0 fully saturated rings. The fourth-order valence-corrected chi connectivity index (χ4v) is 2.09. The molecule has 1 aliphatic rings. The van der Waals surface area contributed by atoms with Crippen LogP contribution in [-0.2, 0) is 0 Å². The van der Waals surface area contributed by atoms with Crippen molar-refractivity contribution in [3.05, 3.63) is 34.8 Å². The Morgan fingerprint density at radius 1 is 1.53 bits per heavy atom. The minimum absolute atomic E-state index is 0.497. The second kappa shape index (κ2) is 5.96. The molecule has 15 heavy (non-hydrogen) atoms. The van der Waals surface area contributed by atoms with Crippen LogP contribution in [0.3, 0.4) is 0 Å². The van der Waals surface area contributed by atoms with Crippen LogP contribution in [0.1, 0.15) is 20.3 Å². The van der Waals surface area contributed by atoms with Gasteiger partial charge in [0.15, 0.2) is 0 Å². The molecular weight excluding hydrogens is 202 g/mol. The van der Waals surface area contributed by atoms with Crippen LogP contribution in [-0.4, -0.2) is 13.3 Å². The third kappa shape index (κ3) is 3.71. The molecule has 0 aliphatic heterocycles. The van der Waals surface area contributed by atoms with E-state index in [1.165, 1.54) is 5.57 Å². The van der Waals surface area contributed by atoms with Crippen LogP contribution in [0.25, 0.3) is 0 Å². The lowest BCUT2D eigenvalue weighted by molar-refractivity contribution is 0.730. The number of thiol groups is 1. The van der Waals surface area contributed by atoms with E-state index in [9.17, 15) is 0 Å². The average molecular weight is 221 g/mol. The molecule has 0 aromatic heterocycles. The third-order valence-corrected chi connectivity index (χ3v) is 2.93. The molecule has 0 heterocycles. The monoisotopic (exact) mass is 221 g/mol. The Labute approximate surface area is 98.1 Å². The highest BCUT2D eigenvalue weighted by Gasteiger charge is 2.13. The Hall–Kier alpha value is -0.760. The maximum atomic E-state index is 4.49. The Bertz CT molecular complexity index is 321. The Morgan fingerprint density at radius 3 is 2.87 bits per heavy atom. The van der Waals surface area contributed by atoms with E-state index in [-0.39, 0.29) is 0 Å². The van der Waals surface area contributed by atoms with Gasteiger partial charge in [-0.05, 0) is 29.9 Å². The van der Waals surface area contributed by atoms with Gasteiger partial charge in [0, 0.05) is 18.2 Å². The van der Waals surface area contributed by atoms with E-state index >= 15 is 0 Å². The van der Waals surface area contributed by atoms with Crippen molar-refractivity contribution in [2.75, 3.05) is 7.05 Å². The van der Waals surface area contributed by atoms with Gasteiger partial charge >= 0.3 is 0 Å². The van der Waals surface area contributed by atoms with E-state index in [1.54, 1.807) is 7.05 Å². The molecule has 0 aromatic rings.